The lowest BCUT2D eigenvalue weighted by atomic mass is 9.44. The van der Waals surface area contributed by atoms with Crippen molar-refractivity contribution >= 4 is 0 Å². The van der Waals surface area contributed by atoms with Crippen molar-refractivity contribution in [2.45, 2.75) is 90.7 Å². The van der Waals surface area contributed by atoms with Crippen molar-refractivity contribution < 1.29 is 10.2 Å². The third-order valence-corrected chi connectivity index (χ3v) is 9.87. The molecule has 0 bridgehead atoms. The maximum atomic E-state index is 10.4. The highest BCUT2D eigenvalue weighted by Gasteiger charge is 2.60. The van der Waals surface area contributed by atoms with Crippen LogP contribution >= 0.6 is 0 Å². The molecule has 4 fully saturated rings. The van der Waals surface area contributed by atoms with Crippen LogP contribution in [0.3, 0.4) is 0 Å². The fourth-order valence-electron chi connectivity index (χ4n) is 8.55. The molecule has 4 aliphatic rings. The van der Waals surface area contributed by atoms with E-state index in [1.54, 1.807) is 0 Å². The van der Waals surface area contributed by atoms with E-state index in [1.807, 2.05) is 6.92 Å². The molecule has 150 valence electrons. The molecular weight excluding hydrogens is 322 g/mol. The summed E-state index contributed by atoms with van der Waals surface area (Å²) in [5, 5.41) is 23.1. The Morgan fingerprint density at radius 2 is 1.69 bits per heavy atom. The molecule has 0 spiro atoms. The molecule has 4 rings (SSSR count). The van der Waals surface area contributed by atoms with E-state index >= 15 is 0 Å². The highest BCUT2D eigenvalue weighted by atomic mass is 16.3. The molecule has 3 nitrogen and oxygen atoms in total. The lowest BCUT2D eigenvalue weighted by Gasteiger charge is -2.61. The van der Waals surface area contributed by atoms with E-state index in [4.69, 9.17) is 5.11 Å². The summed E-state index contributed by atoms with van der Waals surface area (Å²) in [6.45, 7) is 8.18. The molecule has 0 amide bonds. The standard InChI is InChI=1S/C23H41NO2/c1-15(26)19-6-7-20-18-5-4-16-14-17(24-12-13-25)8-10-22(16,2)21(18)9-11-23(19,20)3/h15-21,24-26H,4-14H2,1-3H3/t15-,16-,17+,18-,19+,20-,21-,22-,23+/m0/s1. The number of hydrogen-bond acceptors (Lipinski definition) is 3. The molecule has 0 saturated heterocycles. The molecule has 0 aromatic heterocycles. The number of aliphatic hydroxyl groups excluding tert-OH is 2. The van der Waals surface area contributed by atoms with Crippen molar-refractivity contribution in [2.75, 3.05) is 13.2 Å². The summed E-state index contributed by atoms with van der Waals surface area (Å²) in [6.07, 6.45) is 12.0. The highest BCUT2D eigenvalue weighted by molar-refractivity contribution is 5.10. The predicted octanol–water partition coefficient (Wildman–Crippen LogP) is 3.98. The van der Waals surface area contributed by atoms with Crippen molar-refractivity contribution in [2.24, 2.45) is 40.4 Å². The highest BCUT2D eigenvalue weighted by Crippen LogP contribution is 2.67. The fraction of sp³-hybridized carbons (Fsp3) is 1.00. The van der Waals surface area contributed by atoms with Crippen molar-refractivity contribution in [3.05, 3.63) is 0 Å². The van der Waals surface area contributed by atoms with Crippen LogP contribution in [0.1, 0.15) is 78.6 Å². The molecule has 4 saturated carbocycles. The van der Waals surface area contributed by atoms with Gasteiger partial charge in [-0.15, -0.1) is 0 Å². The molecule has 0 radical (unpaired) electrons. The average Bonchev–Trinajstić information content (AvgIpc) is 2.97. The van der Waals surface area contributed by atoms with E-state index < -0.39 is 0 Å². The van der Waals surface area contributed by atoms with Gasteiger partial charge < -0.3 is 15.5 Å². The van der Waals surface area contributed by atoms with Crippen LogP contribution in [-0.2, 0) is 0 Å². The number of nitrogens with one attached hydrogen (secondary N) is 1. The largest absolute Gasteiger partial charge is 0.395 e. The number of fused-ring (bicyclic) bond motifs is 5. The second kappa shape index (κ2) is 7.04. The summed E-state index contributed by atoms with van der Waals surface area (Å²) in [5.74, 6) is 4.06. The SMILES string of the molecule is C[C@H](O)[C@H]1CC[C@H]2[C@@H]3CC[C@H]4C[C@H](NCCO)CC[C@]4(C)[C@H]3CC[C@]12C. The van der Waals surface area contributed by atoms with Crippen molar-refractivity contribution in [3.63, 3.8) is 0 Å². The van der Waals surface area contributed by atoms with Crippen LogP contribution in [0.5, 0.6) is 0 Å². The number of aliphatic hydroxyl groups is 2. The molecule has 4 aliphatic carbocycles. The van der Waals surface area contributed by atoms with Gasteiger partial charge in [0.05, 0.1) is 12.7 Å². The van der Waals surface area contributed by atoms with Gasteiger partial charge in [0, 0.05) is 12.6 Å². The number of hydrogen-bond donors (Lipinski definition) is 3. The lowest BCUT2D eigenvalue weighted by Crippen LogP contribution is -2.55. The summed E-state index contributed by atoms with van der Waals surface area (Å²) < 4.78 is 0. The van der Waals surface area contributed by atoms with E-state index in [0.29, 0.717) is 22.8 Å². The molecule has 0 heterocycles. The predicted molar refractivity (Wildman–Crippen MR) is 106 cm³/mol. The molecule has 9 atom stereocenters. The molecule has 3 heteroatoms. The first-order chi connectivity index (χ1) is 12.4. The van der Waals surface area contributed by atoms with Crippen molar-refractivity contribution in [1.82, 2.24) is 5.32 Å². The maximum Gasteiger partial charge on any atom is 0.0556 e. The van der Waals surface area contributed by atoms with Crippen LogP contribution in [0.2, 0.25) is 0 Å². The Kier molecular flexibility index (Phi) is 5.20. The minimum Gasteiger partial charge on any atom is -0.395 e. The molecular formula is C23H41NO2. The van der Waals surface area contributed by atoms with Gasteiger partial charge in [0.25, 0.3) is 0 Å². The van der Waals surface area contributed by atoms with Gasteiger partial charge in [0.2, 0.25) is 0 Å². The lowest BCUT2D eigenvalue weighted by molar-refractivity contribution is -0.121. The van der Waals surface area contributed by atoms with Gasteiger partial charge in [-0.25, -0.2) is 0 Å². The monoisotopic (exact) mass is 363 g/mol. The zero-order valence-corrected chi connectivity index (χ0v) is 17.2. The Balaban J connectivity index is 1.50. The Morgan fingerprint density at radius 1 is 0.962 bits per heavy atom. The number of rotatable bonds is 4. The van der Waals surface area contributed by atoms with E-state index in [0.717, 1.165) is 30.2 Å². The van der Waals surface area contributed by atoms with Crippen LogP contribution in [0.4, 0.5) is 0 Å². The van der Waals surface area contributed by atoms with E-state index in [1.165, 1.54) is 57.8 Å². The minimum absolute atomic E-state index is 0.137. The van der Waals surface area contributed by atoms with Crippen LogP contribution in [0.25, 0.3) is 0 Å². The van der Waals surface area contributed by atoms with Gasteiger partial charge in [-0.2, -0.15) is 0 Å². The Morgan fingerprint density at radius 3 is 2.42 bits per heavy atom. The minimum atomic E-state index is -0.137. The molecule has 0 aromatic carbocycles. The van der Waals surface area contributed by atoms with E-state index in [9.17, 15) is 5.11 Å². The summed E-state index contributed by atoms with van der Waals surface area (Å²) in [6, 6.07) is 0.622. The smallest absolute Gasteiger partial charge is 0.0556 e. The Hall–Kier alpha value is -0.120. The van der Waals surface area contributed by atoms with Crippen LogP contribution < -0.4 is 5.32 Å². The second-order valence-electron chi connectivity index (χ2n) is 10.8. The summed E-state index contributed by atoms with van der Waals surface area (Å²) in [7, 11) is 0. The quantitative estimate of drug-likeness (QED) is 0.708. The Bertz CT molecular complexity index is 508. The summed E-state index contributed by atoms with van der Waals surface area (Å²) in [5.41, 5.74) is 0.920. The molecule has 26 heavy (non-hydrogen) atoms. The van der Waals surface area contributed by atoms with Gasteiger partial charge in [0.1, 0.15) is 0 Å². The summed E-state index contributed by atoms with van der Waals surface area (Å²) in [4.78, 5) is 0. The van der Waals surface area contributed by atoms with Crippen LogP contribution in [-0.4, -0.2) is 35.5 Å². The van der Waals surface area contributed by atoms with Gasteiger partial charge in [-0.3, -0.25) is 0 Å². The van der Waals surface area contributed by atoms with Crippen LogP contribution in [0.15, 0.2) is 0 Å². The molecule has 3 N–H and O–H groups in total. The summed E-state index contributed by atoms with van der Waals surface area (Å²) >= 11 is 0. The normalized spacial score (nSPS) is 52.0. The van der Waals surface area contributed by atoms with Gasteiger partial charge in [-0.1, -0.05) is 13.8 Å². The Labute approximate surface area is 160 Å². The first-order valence-corrected chi connectivity index (χ1v) is 11.4. The third kappa shape index (κ3) is 2.88. The maximum absolute atomic E-state index is 10.4. The van der Waals surface area contributed by atoms with Crippen molar-refractivity contribution in [1.29, 1.82) is 0 Å². The molecule has 0 aliphatic heterocycles. The zero-order chi connectivity index (χ0) is 18.5. The van der Waals surface area contributed by atoms with Gasteiger partial charge in [-0.05, 0) is 105 Å². The fourth-order valence-corrected chi connectivity index (χ4v) is 8.55. The van der Waals surface area contributed by atoms with E-state index in [-0.39, 0.29) is 12.7 Å². The topological polar surface area (TPSA) is 52.5 Å². The van der Waals surface area contributed by atoms with Gasteiger partial charge in [0.15, 0.2) is 0 Å². The average molecular weight is 364 g/mol. The van der Waals surface area contributed by atoms with Crippen LogP contribution in [0, 0.1) is 40.4 Å². The second-order valence-corrected chi connectivity index (χ2v) is 10.8. The third-order valence-electron chi connectivity index (χ3n) is 9.87. The van der Waals surface area contributed by atoms with Crippen molar-refractivity contribution in [3.8, 4) is 0 Å². The molecule has 0 aromatic rings. The first kappa shape index (κ1) is 19.2. The van der Waals surface area contributed by atoms with Gasteiger partial charge >= 0.3 is 0 Å². The van der Waals surface area contributed by atoms with E-state index in [2.05, 4.69) is 19.2 Å². The first-order valence-electron chi connectivity index (χ1n) is 11.4. The zero-order valence-electron chi connectivity index (χ0n) is 17.2. The molecule has 0 unspecified atom stereocenters.